The molecule has 0 saturated heterocycles. The standard InChI is InChI=1S/C17H15N3O4/c1-11(24-14-7-5-12(9-18)6-8-14)17(23)20-19-10-13-3-2-4-15(21)16(13)22/h2-8,10-11,21-22H,1H3,(H,20,23)/b19-10+. The van der Waals surface area contributed by atoms with Crippen molar-refractivity contribution in [2.24, 2.45) is 5.10 Å². The van der Waals surface area contributed by atoms with Crippen LogP contribution in [0.15, 0.2) is 47.6 Å². The Hall–Kier alpha value is -3.53. The molecule has 7 heteroatoms. The monoisotopic (exact) mass is 325 g/mol. The molecule has 0 aliphatic rings. The summed E-state index contributed by atoms with van der Waals surface area (Å²) in [7, 11) is 0. The van der Waals surface area contributed by atoms with Crippen LogP contribution in [0, 0.1) is 11.3 Å². The lowest BCUT2D eigenvalue weighted by molar-refractivity contribution is -0.127. The number of hydrogen-bond acceptors (Lipinski definition) is 6. The first-order valence-corrected chi connectivity index (χ1v) is 7.02. The first-order valence-electron chi connectivity index (χ1n) is 7.02. The van der Waals surface area contributed by atoms with Crippen LogP contribution in [-0.2, 0) is 4.79 Å². The highest BCUT2D eigenvalue weighted by Gasteiger charge is 2.14. The molecule has 1 amide bonds. The molecule has 2 aromatic rings. The fraction of sp³-hybridized carbons (Fsp3) is 0.118. The lowest BCUT2D eigenvalue weighted by Crippen LogP contribution is -2.33. The highest BCUT2D eigenvalue weighted by Crippen LogP contribution is 2.26. The number of carbonyl (C=O) groups is 1. The highest BCUT2D eigenvalue weighted by molar-refractivity contribution is 5.87. The number of phenolic OH excluding ortho intramolecular Hbond substituents is 2. The number of nitriles is 1. The largest absolute Gasteiger partial charge is 0.504 e. The number of para-hydroxylation sites is 1. The number of nitrogens with one attached hydrogen (secondary N) is 1. The first kappa shape index (κ1) is 16.8. The van der Waals surface area contributed by atoms with Gasteiger partial charge >= 0.3 is 0 Å². The second kappa shape index (κ2) is 7.65. The number of nitrogens with zero attached hydrogens (tertiary/aromatic N) is 2. The van der Waals surface area contributed by atoms with Crippen LogP contribution in [0.5, 0.6) is 17.2 Å². The maximum absolute atomic E-state index is 11.9. The van der Waals surface area contributed by atoms with Gasteiger partial charge in [0.15, 0.2) is 17.6 Å². The third kappa shape index (κ3) is 4.24. The topological polar surface area (TPSA) is 115 Å². The maximum atomic E-state index is 11.9. The summed E-state index contributed by atoms with van der Waals surface area (Å²) in [5, 5.41) is 31.4. The number of rotatable bonds is 5. The van der Waals surface area contributed by atoms with Gasteiger partial charge in [0.05, 0.1) is 17.8 Å². The van der Waals surface area contributed by atoms with Crippen LogP contribution >= 0.6 is 0 Å². The lowest BCUT2D eigenvalue weighted by atomic mass is 10.2. The molecule has 0 saturated carbocycles. The molecule has 1 unspecified atom stereocenters. The van der Waals surface area contributed by atoms with E-state index in [0.29, 0.717) is 11.3 Å². The van der Waals surface area contributed by atoms with Crippen molar-refractivity contribution in [1.29, 1.82) is 5.26 Å². The number of phenols is 2. The highest BCUT2D eigenvalue weighted by atomic mass is 16.5. The van der Waals surface area contributed by atoms with E-state index in [4.69, 9.17) is 10.00 Å². The Kier molecular flexibility index (Phi) is 5.36. The van der Waals surface area contributed by atoms with Crippen LogP contribution in [0.4, 0.5) is 0 Å². The normalized spacial score (nSPS) is 11.7. The smallest absolute Gasteiger partial charge is 0.280 e. The molecule has 24 heavy (non-hydrogen) atoms. The number of hydrazone groups is 1. The zero-order chi connectivity index (χ0) is 17.5. The molecule has 3 N–H and O–H groups in total. The summed E-state index contributed by atoms with van der Waals surface area (Å²) in [6.45, 7) is 1.55. The van der Waals surface area contributed by atoms with Gasteiger partial charge in [-0.05, 0) is 43.3 Å². The van der Waals surface area contributed by atoms with Gasteiger partial charge in [-0.15, -0.1) is 0 Å². The number of ether oxygens (including phenoxy) is 1. The number of aromatic hydroxyl groups is 2. The third-order valence-electron chi connectivity index (χ3n) is 3.09. The predicted octanol–water partition coefficient (Wildman–Crippen LogP) is 1.89. The predicted molar refractivity (Wildman–Crippen MR) is 86.8 cm³/mol. The zero-order valence-electron chi connectivity index (χ0n) is 12.8. The summed E-state index contributed by atoms with van der Waals surface area (Å²) >= 11 is 0. The second-order valence-electron chi connectivity index (χ2n) is 4.85. The molecule has 0 heterocycles. The van der Waals surface area contributed by atoms with Crippen LogP contribution < -0.4 is 10.2 Å². The Labute approximate surface area is 138 Å². The van der Waals surface area contributed by atoms with Gasteiger partial charge in [0.2, 0.25) is 0 Å². The van der Waals surface area contributed by atoms with Crippen LogP contribution in [0.1, 0.15) is 18.1 Å². The van der Waals surface area contributed by atoms with E-state index >= 15 is 0 Å². The van der Waals surface area contributed by atoms with E-state index in [-0.39, 0.29) is 17.1 Å². The van der Waals surface area contributed by atoms with Crippen molar-refractivity contribution in [2.75, 3.05) is 0 Å². The molecule has 2 aromatic carbocycles. The summed E-state index contributed by atoms with van der Waals surface area (Å²) < 4.78 is 5.44. The van der Waals surface area contributed by atoms with Crippen molar-refractivity contribution in [3.8, 4) is 23.3 Å². The Morgan fingerprint density at radius 3 is 2.67 bits per heavy atom. The molecular weight excluding hydrogens is 310 g/mol. The average Bonchev–Trinajstić information content (AvgIpc) is 2.59. The Bertz CT molecular complexity index is 794. The van der Waals surface area contributed by atoms with Crippen molar-refractivity contribution in [2.45, 2.75) is 13.0 Å². The molecule has 0 spiro atoms. The van der Waals surface area contributed by atoms with Gasteiger partial charge < -0.3 is 14.9 Å². The minimum absolute atomic E-state index is 0.260. The molecule has 1 atom stereocenters. The molecule has 0 bridgehead atoms. The Morgan fingerprint density at radius 1 is 1.29 bits per heavy atom. The summed E-state index contributed by atoms with van der Waals surface area (Å²) in [6, 6.07) is 12.7. The van der Waals surface area contributed by atoms with Gasteiger partial charge in [-0.3, -0.25) is 4.79 Å². The average molecular weight is 325 g/mol. The molecule has 0 aromatic heterocycles. The Morgan fingerprint density at radius 2 is 2.00 bits per heavy atom. The molecule has 0 radical (unpaired) electrons. The second-order valence-corrected chi connectivity index (χ2v) is 4.85. The molecule has 2 rings (SSSR count). The number of benzene rings is 2. The van der Waals surface area contributed by atoms with Gasteiger partial charge in [0.25, 0.3) is 5.91 Å². The van der Waals surface area contributed by atoms with E-state index in [1.165, 1.54) is 24.4 Å². The maximum Gasteiger partial charge on any atom is 0.280 e. The van der Waals surface area contributed by atoms with Gasteiger partial charge in [-0.25, -0.2) is 5.43 Å². The van der Waals surface area contributed by atoms with Crippen molar-refractivity contribution in [3.05, 3.63) is 53.6 Å². The molecule has 7 nitrogen and oxygen atoms in total. The van der Waals surface area contributed by atoms with Crippen LogP contribution in [-0.4, -0.2) is 28.4 Å². The van der Waals surface area contributed by atoms with Crippen molar-refractivity contribution >= 4 is 12.1 Å². The zero-order valence-corrected chi connectivity index (χ0v) is 12.8. The summed E-state index contributed by atoms with van der Waals surface area (Å²) in [6.07, 6.45) is 0.398. The SMILES string of the molecule is CC(Oc1ccc(C#N)cc1)C(=O)N/N=C/c1cccc(O)c1O. The number of carbonyl (C=O) groups excluding carboxylic acids is 1. The number of amides is 1. The molecule has 122 valence electrons. The fourth-order valence-electron chi connectivity index (χ4n) is 1.77. The third-order valence-corrected chi connectivity index (χ3v) is 3.09. The van der Waals surface area contributed by atoms with Crippen molar-refractivity contribution < 1.29 is 19.7 Å². The fourth-order valence-corrected chi connectivity index (χ4v) is 1.77. The summed E-state index contributed by atoms with van der Waals surface area (Å²) in [5.41, 5.74) is 3.04. The molecule has 0 aliphatic carbocycles. The molecular formula is C17H15N3O4. The van der Waals surface area contributed by atoms with E-state index in [2.05, 4.69) is 10.5 Å². The van der Waals surface area contributed by atoms with Crippen molar-refractivity contribution in [3.63, 3.8) is 0 Å². The van der Waals surface area contributed by atoms with Crippen LogP contribution in [0.3, 0.4) is 0 Å². The number of hydrogen-bond donors (Lipinski definition) is 3. The van der Waals surface area contributed by atoms with Crippen LogP contribution in [0.2, 0.25) is 0 Å². The molecule has 0 fully saturated rings. The summed E-state index contributed by atoms with van der Waals surface area (Å²) in [5.74, 6) is -0.637. The van der Waals surface area contributed by atoms with Gasteiger partial charge in [0.1, 0.15) is 5.75 Å². The van der Waals surface area contributed by atoms with Crippen molar-refractivity contribution in [1.82, 2.24) is 5.43 Å². The van der Waals surface area contributed by atoms with Gasteiger partial charge in [0, 0.05) is 5.56 Å². The summed E-state index contributed by atoms with van der Waals surface area (Å²) in [4.78, 5) is 11.9. The van der Waals surface area contributed by atoms with E-state index in [9.17, 15) is 15.0 Å². The van der Waals surface area contributed by atoms with E-state index in [1.54, 1.807) is 31.2 Å². The van der Waals surface area contributed by atoms with E-state index in [0.717, 1.165) is 0 Å². The van der Waals surface area contributed by atoms with E-state index in [1.807, 2.05) is 6.07 Å². The van der Waals surface area contributed by atoms with Crippen LogP contribution in [0.25, 0.3) is 0 Å². The first-order chi connectivity index (χ1) is 11.5. The van der Waals surface area contributed by atoms with Gasteiger partial charge in [-0.1, -0.05) is 6.07 Å². The van der Waals surface area contributed by atoms with E-state index < -0.39 is 12.0 Å². The van der Waals surface area contributed by atoms with Gasteiger partial charge in [-0.2, -0.15) is 10.4 Å². The Balaban J connectivity index is 1.92. The quantitative estimate of drug-likeness (QED) is 0.441. The minimum atomic E-state index is -0.812. The molecule has 0 aliphatic heterocycles. The lowest BCUT2D eigenvalue weighted by Gasteiger charge is -2.12. The minimum Gasteiger partial charge on any atom is -0.504 e.